The molecule has 1 saturated carbocycles. The number of aliphatic hydroxyl groups is 1. The molecule has 0 heterocycles. The summed E-state index contributed by atoms with van der Waals surface area (Å²) < 4.78 is 38.3. The van der Waals surface area contributed by atoms with Crippen LogP contribution in [-0.4, -0.2) is 23.7 Å². The van der Waals surface area contributed by atoms with Gasteiger partial charge in [-0.1, -0.05) is 32.0 Å². The Kier molecular flexibility index (Phi) is 5.34. The normalized spacial score (nSPS) is 22.0. The van der Waals surface area contributed by atoms with Gasteiger partial charge in [0, 0.05) is 18.6 Å². The van der Waals surface area contributed by atoms with Crippen LogP contribution in [0.5, 0.6) is 0 Å². The van der Waals surface area contributed by atoms with Gasteiger partial charge in [0.1, 0.15) is 0 Å². The predicted octanol–water partition coefficient (Wildman–Crippen LogP) is 3.33. The van der Waals surface area contributed by atoms with Crippen LogP contribution in [-0.2, 0) is 11.0 Å². The van der Waals surface area contributed by atoms with E-state index in [-0.39, 0.29) is 36.3 Å². The summed E-state index contributed by atoms with van der Waals surface area (Å²) in [5.41, 5.74) is -0.121. The van der Waals surface area contributed by atoms with Crippen molar-refractivity contribution in [3.8, 4) is 0 Å². The SMILES string of the molecule is CC(C)C(CCO)NC(=O)C1CC1c1cccc(C(F)(F)F)c1. The fourth-order valence-electron chi connectivity index (χ4n) is 2.80. The van der Waals surface area contributed by atoms with Gasteiger partial charge in [-0.3, -0.25) is 4.79 Å². The van der Waals surface area contributed by atoms with Crippen molar-refractivity contribution in [1.82, 2.24) is 5.32 Å². The number of benzene rings is 1. The van der Waals surface area contributed by atoms with Gasteiger partial charge in [0.05, 0.1) is 5.56 Å². The molecule has 0 aromatic heterocycles. The second kappa shape index (κ2) is 6.91. The third-order valence-corrected chi connectivity index (χ3v) is 4.34. The van der Waals surface area contributed by atoms with Crippen molar-refractivity contribution in [2.24, 2.45) is 11.8 Å². The first-order valence-corrected chi connectivity index (χ1v) is 7.82. The van der Waals surface area contributed by atoms with Crippen LogP contribution >= 0.6 is 0 Å². The van der Waals surface area contributed by atoms with E-state index in [0.29, 0.717) is 18.4 Å². The van der Waals surface area contributed by atoms with E-state index in [9.17, 15) is 18.0 Å². The Balaban J connectivity index is 2.00. The lowest BCUT2D eigenvalue weighted by Crippen LogP contribution is -2.40. The number of carbonyl (C=O) groups excluding carboxylic acids is 1. The molecule has 3 unspecified atom stereocenters. The molecule has 3 atom stereocenters. The molecule has 1 aromatic rings. The van der Waals surface area contributed by atoms with E-state index in [1.165, 1.54) is 6.07 Å². The number of alkyl halides is 3. The molecule has 0 saturated heterocycles. The summed E-state index contributed by atoms with van der Waals surface area (Å²) in [4.78, 5) is 12.2. The highest BCUT2D eigenvalue weighted by Crippen LogP contribution is 2.48. The Morgan fingerprint density at radius 2 is 2.09 bits per heavy atom. The number of carbonyl (C=O) groups is 1. The van der Waals surface area contributed by atoms with E-state index < -0.39 is 11.7 Å². The van der Waals surface area contributed by atoms with Crippen LogP contribution in [0.4, 0.5) is 13.2 Å². The van der Waals surface area contributed by atoms with E-state index in [0.717, 1.165) is 12.1 Å². The molecule has 0 spiro atoms. The number of hydrogen-bond acceptors (Lipinski definition) is 2. The highest BCUT2D eigenvalue weighted by Gasteiger charge is 2.45. The lowest BCUT2D eigenvalue weighted by Gasteiger charge is -2.21. The Labute approximate surface area is 133 Å². The molecular formula is C17H22F3NO2. The zero-order valence-electron chi connectivity index (χ0n) is 13.2. The highest BCUT2D eigenvalue weighted by molar-refractivity contribution is 5.83. The predicted molar refractivity (Wildman–Crippen MR) is 80.8 cm³/mol. The summed E-state index contributed by atoms with van der Waals surface area (Å²) in [6, 6.07) is 5.08. The molecule has 1 fully saturated rings. The lowest BCUT2D eigenvalue weighted by atomic mass is 10.0. The van der Waals surface area contributed by atoms with E-state index in [1.54, 1.807) is 6.07 Å². The third-order valence-electron chi connectivity index (χ3n) is 4.34. The standard InChI is InChI=1S/C17H22F3NO2/c1-10(2)15(6-7-22)21-16(23)14-9-13(14)11-4-3-5-12(8-11)17(18,19)20/h3-5,8,10,13-15,22H,6-7,9H2,1-2H3,(H,21,23). The van der Waals surface area contributed by atoms with Crippen molar-refractivity contribution in [2.75, 3.05) is 6.61 Å². The van der Waals surface area contributed by atoms with Gasteiger partial charge in [0.15, 0.2) is 0 Å². The minimum atomic E-state index is -4.37. The molecule has 0 bridgehead atoms. The van der Waals surface area contributed by atoms with Gasteiger partial charge in [-0.25, -0.2) is 0 Å². The summed E-state index contributed by atoms with van der Waals surface area (Å²) in [5.74, 6) is -0.380. The minimum absolute atomic E-state index is 0.00908. The summed E-state index contributed by atoms with van der Waals surface area (Å²) in [6.45, 7) is 3.90. The highest BCUT2D eigenvalue weighted by atomic mass is 19.4. The fraction of sp³-hybridized carbons (Fsp3) is 0.588. The van der Waals surface area contributed by atoms with Crippen LogP contribution in [0.3, 0.4) is 0 Å². The van der Waals surface area contributed by atoms with Gasteiger partial charge >= 0.3 is 6.18 Å². The first kappa shape index (κ1) is 17.8. The molecule has 1 aliphatic rings. The van der Waals surface area contributed by atoms with Gasteiger partial charge < -0.3 is 10.4 Å². The second-order valence-electron chi connectivity index (χ2n) is 6.44. The maximum atomic E-state index is 12.8. The Morgan fingerprint density at radius 1 is 1.39 bits per heavy atom. The van der Waals surface area contributed by atoms with Gasteiger partial charge in [-0.05, 0) is 36.3 Å². The smallest absolute Gasteiger partial charge is 0.396 e. The third kappa shape index (κ3) is 4.47. The fourth-order valence-corrected chi connectivity index (χ4v) is 2.80. The Hall–Kier alpha value is -1.56. The monoisotopic (exact) mass is 329 g/mol. The molecule has 1 aromatic carbocycles. The topological polar surface area (TPSA) is 49.3 Å². The molecule has 1 amide bonds. The zero-order valence-corrected chi connectivity index (χ0v) is 13.2. The molecule has 2 N–H and O–H groups in total. The van der Waals surface area contributed by atoms with Gasteiger partial charge in [0.2, 0.25) is 5.91 Å². The lowest BCUT2D eigenvalue weighted by molar-refractivity contribution is -0.137. The maximum Gasteiger partial charge on any atom is 0.416 e. The van der Waals surface area contributed by atoms with E-state index in [1.807, 2.05) is 13.8 Å². The number of rotatable bonds is 6. The quantitative estimate of drug-likeness (QED) is 0.841. The summed E-state index contributed by atoms with van der Waals surface area (Å²) in [6.07, 6.45) is -3.33. The molecule has 128 valence electrons. The minimum Gasteiger partial charge on any atom is -0.396 e. The van der Waals surface area contributed by atoms with Crippen molar-refractivity contribution < 1.29 is 23.1 Å². The van der Waals surface area contributed by atoms with Crippen molar-refractivity contribution in [2.45, 2.75) is 44.8 Å². The molecule has 2 rings (SSSR count). The van der Waals surface area contributed by atoms with Crippen molar-refractivity contribution in [3.05, 3.63) is 35.4 Å². The summed E-state index contributed by atoms with van der Waals surface area (Å²) in [7, 11) is 0. The van der Waals surface area contributed by atoms with Crippen molar-refractivity contribution >= 4 is 5.91 Å². The van der Waals surface area contributed by atoms with E-state index >= 15 is 0 Å². The van der Waals surface area contributed by atoms with Crippen molar-refractivity contribution in [3.63, 3.8) is 0 Å². The molecule has 0 aliphatic heterocycles. The zero-order chi connectivity index (χ0) is 17.2. The van der Waals surface area contributed by atoms with Gasteiger partial charge in [0.25, 0.3) is 0 Å². The average Bonchev–Trinajstić information content (AvgIpc) is 3.26. The Bertz CT molecular complexity index is 557. The number of nitrogens with one attached hydrogen (secondary N) is 1. The van der Waals surface area contributed by atoms with Crippen molar-refractivity contribution in [1.29, 1.82) is 0 Å². The summed E-state index contributed by atoms with van der Waals surface area (Å²) >= 11 is 0. The molecule has 23 heavy (non-hydrogen) atoms. The average molecular weight is 329 g/mol. The van der Waals surface area contributed by atoms with Crippen LogP contribution in [0.1, 0.15) is 43.7 Å². The van der Waals surface area contributed by atoms with Crippen LogP contribution in [0, 0.1) is 11.8 Å². The maximum absolute atomic E-state index is 12.8. The molecule has 6 heteroatoms. The number of hydrogen-bond donors (Lipinski definition) is 2. The van der Waals surface area contributed by atoms with Crippen LogP contribution < -0.4 is 5.32 Å². The second-order valence-corrected chi connectivity index (χ2v) is 6.44. The molecule has 0 radical (unpaired) electrons. The largest absolute Gasteiger partial charge is 0.416 e. The number of aliphatic hydroxyl groups excluding tert-OH is 1. The Morgan fingerprint density at radius 3 is 2.65 bits per heavy atom. The molecule has 3 nitrogen and oxygen atoms in total. The molecular weight excluding hydrogens is 307 g/mol. The van der Waals surface area contributed by atoms with Crippen LogP contribution in [0.15, 0.2) is 24.3 Å². The number of amides is 1. The van der Waals surface area contributed by atoms with E-state index in [2.05, 4.69) is 5.32 Å². The van der Waals surface area contributed by atoms with Crippen LogP contribution in [0.2, 0.25) is 0 Å². The number of halogens is 3. The van der Waals surface area contributed by atoms with Crippen LogP contribution in [0.25, 0.3) is 0 Å². The molecule has 1 aliphatic carbocycles. The first-order chi connectivity index (χ1) is 10.7. The first-order valence-electron chi connectivity index (χ1n) is 7.82. The van der Waals surface area contributed by atoms with Gasteiger partial charge in [-0.15, -0.1) is 0 Å². The summed E-state index contributed by atoms with van der Waals surface area (Å²) in [5, 5.41) is 11.9. The van der Waals surface area contributed by atoms with Gasteiger partial charge in [-0.2, -0.15) is 13.2 Å². The van der Waals surface area contributed by atoms with E-state index in [4.69, 9.17) is 5.11 Å².